The van der Waals surface area contributed by atoms with Crippen molar-refractivity contribution in [1.82, 2.24) is 9.97 Å². The Hall–Kier alpha value is -1.12. The molecule has 1 N–H and O–H groups in total. The lowest BCUT2D eigenvalue weighted by molar-refractivity contribution is 0.772. The first-order valence-electron chi connectivity index (χ1n) is 5.27. The Morgan fingerprint density at radius 3 is 2.79 bits per heavy atom. The van der Waals surface area contributed by atoms with Crippen molar-refractivity contribution in [3.8, 4) is 0 Å². The van der Waals surface area contributed by atoms with E-state index < -0.39 is 0 Å². The highest BCUT2D eigenvalue weighted by atomic mass is 15.1. The van der Waals surface area contributed by atoms with Crippen molar-refractivity contribution in [3.63, 3.8) is 0 Å². The molecule has 0 radical (unpaired) electrons. The number of anilines is 1. The largest absolute Gasteiger partial charge is 0.366 e. The minimum absolute atomic E-state index is 0.636. The average molecular weight is 191 g/mol. The molecule has 0 bridgehead atoms. The molecular weight excluding hydrogens is 174 g/mol. The Labute approximate surface area is 85.0 Å². The van der Waals surface area contributed by atoms with E-state index in [0.29, 0.717) is 6.04 Å². The van der Waals surface area contributed by atoms with Crippen LogP contribution in [-0.4, -0.2) is 16.0 Å². The van der Waals surface area contributed by atoms with Gasteiger partial charge in [0, 0.05) is 6.04 Å². The van der Waals surface area contributed by atoms with Gasteiger partial charge in [0.25, 0.3) is 0 Å². The Kier molecular flexibility index (Phi) is 2.40. The maximum Gasteiger partial charge on any atom is 0.145 e. The minimum atomic E-state index is 0.636. The summed E-state index contributed by atoms with van der Waals surface area (Å²) in [6, 6.07) is 0.636. The third kappa shape index (κ3) is 1.86. The van der Waals surface area contributed by atoms with Crippen molar-refractivity contribution in [1.29, 1.82) is 0 Å². The molecule has 1 heterocycles. The molecule has 3 heteroatoms. The van der Waals surface area contributed by atoms with E-state index in [1.165, 1.54) is 12.8 Å². The van der Waals surface area contributed by atoms with Gasteiger partial charge in [0.05, 0.1) is 17.6 Å². The van der Waals surface area contributed by atoms with Crippen LogP contribution in [0.3, 0.4) is 0 Å². The first-order chi connectivity index (χ1) is 6.70. The lowest BCUT2D eigenvalue weighted by Crippen LogP contribution is -2.07. The van der Waals surface area contributed by atoms with Crippen LogP contribution < -0.4 is 5.32 Å². The molecular formula is C11H17N3. The van der Waals surface area contributed by atoms with Crippen LogP contribution in [0.15, 0.2) is 6.20 Å². The molecule has 1 fully saturated rings. The first-order valence-corrected chi connectivity index (χ1v) is 5.27. The highest BCUT2D eigenvalue weighted by Crippen LogP contribution is 2.35. The highest BCUT2D eigenvalue weighted by molar-refractivity contribution is 5.36. The molecule has 1 aliphatic carbocycles. The Morgan fingerprint density at radius 2 is 2.21 bits per heavy atom. The molecule has 1 aromatic rings. The van der Waals surface area contributed by atoms with E-state index in [0.717, 1.165) is 23.1 Å². The summed E-state index contributed by atoms with van der Waals surface area (Å²) in [6.45, 7) is 6.22. The predicted octanol–water partition coefficient (Wildman–Crippen LogP) is 2.30. The number of rotatable bonds is 3. The molecule has 76 valence electrons. The molecule has 1 aromatic heterocycles. The molecule has 2 rings (SSSR count). The predicted molar refractivity (Wildman–Crippen MR) is 57.3 cm³/mol. The van der Waals surface area contributed by atoms with Crippen molar-refractivity contribution < 1.29 is 0 Å². The summed E-state index contributed by atoms with van der Waals surface area (Å²) in [5.74, 6) is 1.77. The molecule has 2 atom stereocenters. The molecule has 0 spiro atoms. The Bertz CT molecular complexity index is 335. The van der Waals surface area contributed by atoms with Gasteiger partial charge in [-0.1, -0.05) is 13.3 Å². The van der Waals surface area contributed by atoms with Gasteiger partial charge in [-0.3, -0.25) is 4.98 Å². The smallest absolute Gasteiger partial charge is 0.145 e. The molecule has 2 unspecified atom stereocenters. The van der Waals surface area contributed by atoms with Crippen molar-refractivity contribution in [2.24, 2.45) is 5.92 Å². The third-order valence-electron chi connectivity index (χ3n) is 2.97. The Morgan fingerprint density at radius 1 is 1.43 bits per heavy atom. The fourth-order valence-corrected chi connectivity index (χ4v) is 1.68. The minimum Gasteiger partial charge on any atom is -0.366 e. The second-order valence-corrected chi connectivity index (χ2v) is 4.08. The van der Waals surface area contributed by atoms with E-state index in [1.807, 2.05) is 20.0 Å². The zero-order chi connectivity index (χ0) is 10.1. The van der Waals surface area contributed by atoms with Gasteiger partial charge in [-0.2, -0.15) is 0 Å². The first kappa shape index (κ1) is 9.44. The van der Waals surface area contributed by atoms with Gasteiger partial charge in [-0.25, -0.2) is 4.98 Å². The Balaban J connectivity index is 2.00. The fraction of sp³-hybridized carbons (Fsp3) is 0.636. The molecule has 3 nitrogen and oxygen atoms in total. The van der Waals surface area contributed by atoms with E-state index in [1.54, 1.807) is 0 Å². The van der Waals surface area contributed by atoms with Crippen molar-refractivity contribution in [2.75, 3.05) is 5.32 Å². The summed E-state index contributed by atoms with van der Waals surface area (Å²) in [5.41, 5.74) is 2.03. The van der Waals surface area contributed by atoms with Crippen LogP contribution in [0.5, 0.6) is 0 Å². The second kappa shape index (κ2) is 3.56. The molecule has 0 aromatic carbocycles. The molecule has 0 saturated heterocycles. The van der Waals surface area contributed by atoms with Crippen molar-refractivity contribution >= 4 is 5.82 Å². The summed E-state index contributed by atoms with van der Waals surface area (Å²) in [7, 11) is 0. The van der Waals surface area contributed by atoms with E-state index in [-0.39, 0.29) is 0 Å². The zero-order valence-electron chi connectivity index (χ0n) is 9.04. The zero-order valence-corrected chi connectivity index (χ0v) is 9.04. The number of nitrogens with zero attached hydrogens (tertiary/aromatic N) is 2. The highest BCUT2D eigenvalue weighted by Gasteiger charge is 2.35. The van der Waals surface area contributed by atoms with Crippen LogP contribution >= 0.6 is 0 Å². The maximum atomic E-state index is 4.45. The molecule has 0 amide bonds. The number of aryl methyl sites for hydroxylation is 2. The standard InChI is InChI=1S/C11H17N3/c1-4-9-5-10(9)14-11-6-12-7(2)8(3)13-11/h6,9-10H,4-5H2,1-3H3,(H,13,14). The van der Waals surface area contributed by atoms with Crippen LogP contribution in [0.25, 0.3) is 0 Å². The number of hydrogen-bond acceptors (Lipinski definition) is 3. The van der Waals surface area contributed by atoms with Gasteiger partial charge >= 0.3 is 0 Å². The average Bonchev–Trinajstić information content (AvgIpc) is 2.90. The quantitative estimate of drug-likeness (QED) is 0.796. The fourth-order valence-electron chi connectivity index (χ4n) is 1.68. The normalized spacial score (nSPS) is 24.8. The SMILES string of the molecule is CCC1CC1Nc1cnc(C)c(C)n1. The second-order valence-electron chi connectivity index (χ2n) is 4.08. The summed E-state index contributed by atoms with van der Waals surface area (Å²) in [6.07, 6.45) is 4.37. The lowest BCUT2D eigenvalue weighted by Gasteiger charge is -2.05. The summed E-state index contributed by atoms with van der Waals surface area (Å²) >= 11 is 0. The number of hydrogen-bond donors (Lipinski definition) is 1. The number of aromatic nitrogens is 2. The molecule has 14 heavy (non-hydrogen) atoms. The molecule has 0 aliphatic heterocycles. The number of nitrogens with one attached hydrogen (secondary N) is 1. The van der Waals surface area contributed by atoms with E-state index in [4.69, 9.17) is 0 Å². The summed E-state index contributed by atoms with van der Waals surface area (Å²) < 4.78 is 0. The van der Waals surface area contributed by atoms with Gasteiger partial charge in [-0.05, 0) is 26.2 Å². The monoisotopic (exact) mass is 191 g/mol. The summed E-state index contributed by atoms with van der Waals surface area (Å²) in [5, 5.41) is 3.41. The topological polar surface area (TPSA) is 37.8 Å². The van der Waals surface area contributed by atoms with Gasteiger partial charge < -0.3 is 5.32 Å². The lowest BCUT2D eigenvalue weighted by atomic mass is 10.3. The van der Waals surface area contributed by atoms with Gasteiger partial charge in [-0.15, -0.1) is 0 Å². The van der Waals surface area contributed by atoms with Crippen LogP contribution in [0.2, 0.25) is 0 Å². The maximum absolute atomic E-state index is 4.45. The van der Waals surface area contributed by atoms with Crippen LogP contribution in [0, 0.1) is 19.8 Å². The van der Waals surface area contributed by atoms with Crippen molar-refractivity contribution in [3.05, 3.63) is 17.6 Å². The van der Waals surface area contributed by atoms with Gasteiger partial charge in [0.1, 0.15) is 5.82 Å². The van der Waals surface area contributed by atoms with Gasteiger partial charge in [0.15, 0.2) is 0 Å². The molecule has 1 aliphatic rings. The van der Waals surface area contributed by atoms with E-state index in [2.05, 4.69) is 22.2 Å². The van der Waals surface area contributed by atoms with Crippen molar-refractivity contribution in [2.45, 2.75) is 39.7 Å². The van der Waals surface area contributed by atoms with E-state index in [9.17, 15) is 0 Å². The van der Waals surface area contributed by atoms with Crippen LogP contribution in [0.4, 0.5) is 5.82 Å². The molecule has 1 saturated carbocycles. The van der Waals surface area contributed by atoms with Crippen LogP contribution in [-0.2, 0) is 0 Å². The third-order valence-corrected chi connectivity index (χ3v) is 2.97. The summed E-state index contributed by atoms with van der Waals surface area (Å²) in [4.78, 5) is 8.73. The van der Waals surface area contributed by atoms with Gasteiger partial charge in [0.2, 0.25) is 0 Å². The van der Waals surface area contributed by atoms with Crippen LogP contribution in [0.1, 0.15) is 31.2 Å². The van der Waals surface area contributed by atoms with E-state index >= 15 is 0 Å².